The summed E-state index contributed by atoms with van der Waals surface area (Å²) >= 11 is 0. The average molecular weight is 326 g/mol. The summed E-state index contributed by atoms with van der Waals surface area (Å²) in [4.78, 5) is 22.0. The van der Waals surface area contributed by atoms with Crippen molar-refractivity contribution >= 4 is 21.9 Å². The fraction of sp³-hybridized carbons (Fsp3) is 0.429. The minimum Gasteiger partial charge on any atom is -0.478 e. The highest BCUT2D eigenvalue weighted by Gasteiger charge is 2.36. The molecule has 0 aliphatic heterocycles. The number of amides is 1. The van der Waals surface area contributed by atoms with Crippen molar-refractivity contribution in [2.24, 2.45) is 11.7 Å². The van der Waals surface area contributed by atoms with Gasteiger partial charge in [0.2, 0.25) is 15.9 Å². The topological polar surface area (TPSA) is 127 Å². The number of primary amides is 1. The summed E-state index contributed by atoms with van der Waals surface area (Å²) < 4.78 is 27.4. The highest BCUT2D eigenvalue weighted by atomic mass is 32.2. The summed E-state index contributed by atoms with van der Waals surface area (Å²) in [5.74, 6) is -1.92. The third-order valence-corrected chi connectivity index (χ3v) is 5.45. The SMILES string of the molecule is CCc1ccc(C(=O)O)cc1S(=O)(=O)NC1CC(C(N)=O)C1. The highest BCUT2D eigenvalue weighted by Crippen LogP contribution is 2.29. The van der Waals surface area contributed by atoms with Crippen molar-refractivity contribution in [3.05, 3.63) is 29.3 Å². The third kappa shape index (κ3) is 3.28. The van der Waals surface area contributed by atoms with Crippen molar-refractivity contribution < 1.29 is 23.1 Å². The van der Waals surface area contributed by atoms with E-state index in [1.54, 1.807) is 6.92 Å². The summed E-state index contributed by atoms with van der Waals surface area (Å²) in [6.45, 7) is 1.79. The predicted molar refractivity (Wildman–Crippen MR) is 78.8 cm³/mol. The summed E-state index contributed by atoms with van der Waals surface area (Å²) in [5.41, 5.74) is 5.61. The van der Waals surface area contributed by atoms with Crippen molar-refractivity contribution in [1.82, 2.24) is 4.72 Å². The molecule has 1 fully saturated rings. The molecule has 0 saturated heterocycles. The van der Waals surface area contributed by atoms with Crippen LogP contribution in [0.25, 0.3) is 0 Å². The zero-order valence-electron chi connectivity index (χ0n) is 12.1. The van der Waals surface area contributed by atoms with Gasteiger partial charge in [0, 0.05) is 12.0 Å². The molecule has 0 radical (unpaired) electrons. The standard InChI is InChI=1S/C14H18N2O5S/c1-2-8-3-4-9(14(18)19)7-12(8)22(20,21)16-11-5-10(6-11)13(15)17/h3-4,7,10-11,16H,2,5-6H2,1H3,(H2,15,17)(H,18,19). The van der Waals surface area contributed by atoms with E-state index in [0.717, 1.165) is 6.07 Å². The largest absolute Gasteiger partial charge is 0.478 e. The molecule has 0 spiro atoms. The Bertz CT molecular complexity index is 708. The van der Waals surface area contributed by atoms with Crippen LogP contribution in [0.4, 0.5) is 0 Å². The molecule has 1 aliphatic carbocycles. The number of sulfonamides is 1. The van der Waals surface area contributed by atoms with Gasteiger partial charge in [0.1, 0.15) is 0 Å². The number of nitrogens with two attached hydrogens (primary N) is 1. The summed E-state index contributed by atoms with van der Waals surface area (Å²) in [7, 11) is -3.83. The third-order valence-electron chi connectivity index (χ3n) is 3.85. The van der Waals surface area contributed by atoms with Crippen LogP contribution in [-0.2, 0) is 21.2 Å². The maximum atomic E-state index is 12.4. The van der Waals surface area contributed by atoms with Crippen molar-refractivity contribution in [2.75, 3.05) is 0 Å². The van der Waals surface area contributed by atoms with Gasteiger partial charge in [-0.1, -0.05) is 13.0 Å². The van der Waals surface area contributed by atoms with Crippen molar-refractivity contribution in [1.29, 1.82) is 0 Å². The Kier molecular flexibility index (Phi) is 4.52. The van der Waals surface area contributed by atoms with E-state index >= 15 is 0 Å². The first kappa shape index (κ1) is 16.4. The first-order chi connectivity index (χ1) is 10.2. The molecular formula is C14H18N2O5S. The number of aromatic carboxylic acids is 1. The number of benzene rings is 1. The van der Waals surface area contributed by atoms with Crippen molar-refractivity contribution in [3.8, 4) is 0 Å². The van der Waals surface area contributed by atoms with Gasteiger partial charge in [-0.25, -0.2) is 17.9 Å². The molecule has 0 aromatic heterocycles. The van der Waals surface area contributed by atoms with Gasteiger partial charge in [-0.15, -0.1) is 0 Å². The van der Waals surface area contributed by atoms with Gasteiger partial charge >= 0.3 is 5.97 Å². The number of carbonyl (C=O) groups is 2. The van der Waals surface area contributed by atoms with Crippen molar-refractivity contribution in [2.45, 2.75) is 37.1 Å². The van der Waals surface area contributed by atoms with E-state index in [1.165, 1.54) is 12.1 Å². The molecule has 22 heavy (non-hydrogen) atoms. The lowest BCUT2D eigenvalue weighted by molar-refractivity contribution is -0.124. The fourth-order valence-electron chi connectivity index (χ4n) is 2.46. The van der Waals surface area contributed by atoms with Crippen LogP contribution in [0.15, 0.2) is 23.1 Å². The fourth-order valence-corrected chi connectivity index (χ4v) is 4.06. The minimum absolute atomic E-state index is 0.0302. The summed E-state index contributed by atoms with van der Waals surface area (Å²) in [6, 6.07) is 3.70. The number of aryl methyl sites for hydroxylation is 1. The van der Waals surface area contributed by atoms with E-state index in [9.17, 15) is 18.0 Å². The van der Waals surface area contributed by atoms with Gasteiger partial charge in [0.15, 0.2) is 0 Å². The Morgan fingerprint density at radius 1 is 1.36 bits per heavy atom. The Morgan fingerprint density at radius 2 is 2.00 bits per heavy atom. The quantitative estimate of drug-likeness (QED) is 0.701. The molecule has 1 saturated carbocycles. The lowest BCUT2D eigenvalue weighted by Gasteiger charge is -2.33. The molecule has 1 aliphatic rings. The number of hydrogen-bond donors (Lipinski definition) is 3. The van der Waals surface area contributed by atoms with Crippen LogP contribution in [0.1, 0.15) is 35.7 Å². The molecular weight excluding hydrogens is 308 g/mol. The van der Waals surface area contributed by atoms with Gasteiger partial charge in [0.25, 0.3) is 0 Å². The molecule has 0 unspecified atom stereocenters. The van der Waals surface area contributed by atoms with Crippen LogP contribution in [0.2, 0.25) is 0 Å². The second-order valence-electron chi connectivity index (χ2n) is 5.37. The zero-order valence-corrected chi connectivity index (χ0v) is 12.9. The van der Waals surface area contributed by atoms with Crippen LogP contribution in [-0.4, -0.2) is 31.4 Å². The summed E-state index contributed by atoms with van der Waals surface area (Å²) in [5, 5.41) is 9.01. The number of carbonyl (C=O) groups excluding carboxylic acids is 1. The molecule has 1 aromatic rings. The number of nitrogens with one attached hydrogen (secondary N) is 1. The van der Waals surface area contributed by atoms with E-state index in [0.29, 0.717) is 24.8 Å². The molecule has 2 rings (SSSR count). The van der Waals surface area contributed by atoms with E-state index in [1.807, 2.05) is 0 Å². The molecule has 0 heterocycles. The highest BCUT2D eigenvalue weighted by molar-refractivity contribution is 7.89. The predicted octanol–water partition coefficient (Wildman–Crippen LogP) is 0.489. The van der Waals surface area contributed by atoms with Crippen LogP contribution < -0.4 is 10.5 Å². The number of rotatable bonds is 6. The summed E-state index contributed by atoms with van der Waals surface area (Å²) in [6.07, 6.45) is 1.20. The van der Waals surface area contributed by atoms with Gasteiger partial charge in [-0.05, 0) is 37.0 Å². The molecule has 8 heteroatoms. The van der Waals surface area contributed by atoms with Crippen LogP contribution in [0.5, 0.6) is 0 Å². The van der Waals surface area contributed by atoms with Gasteiger partial charge in [0.05, 0.1) is 10.5 Å². The molecule has 1 amide bonds. The Morgan fingerprint density at radius 3 is 2.50 bits per heavy atom. The molecule has 120 valence electrons. The van der Waals surface area contributed by atoms with E-state index < -0.39 is 21.9 Å². The van der Waals surface area contributed by atoms with Gasteiger partial charge in [-0.2, -0.15) is 0 Å². The van der Waals surface area contributed by atoms with Crippen molar-refractivity contribution in [3.63, 3.8) is 0 Å². The smallest absolute Gasteiger partial charge is 0.335 e. The maximum absolute atomic E-state index is 12.4. The van der Waals surface area contributed by atoms with Gasteiger partial charge in [-0.3, -0.25) is 4.79 Å². The molecule has 1 aromatic carbocycles. The Hall–Kier alpha value is -1.93. The maximum Gasteiger partial charge on any atom is 0.335 e. The van der Waals surface area contributed by atoms with E-state index in [2.05, 4.69) is 4.72 Å². The first-order valence-electron chi connectivity index (χ1n) is 6.92. The monoisotopic (exact) mass is 326 g/mol. The van der Waals surface area contributed by atoms with Crippen LogP contribution in [0.3, 0.4) is 0 Å². The second kappa shape index (κ2) is 6.05. The van der Waals surface area contributed by atoms with Crippen LogP contribution in [0, 0.1) is 5.92 Å². The average Bonchev–Trinajstić information content (AvgIpc) is 2.41. The Labute approximate surface area is 128 Å². The van der Waals surface area contributed by atoms with E-state index in [4.69, 9.17) is 10.8 Å². The molecule has 4 N–H and O–H groups in total. The van der Waals surface area contributed by atoms with E-state index in [-0.39, 0.29) is 22.4 Å². The lowest BCUT2D eigenvalue weighted by Crippen LogP contribution is -2.48. The lowest BCUT2D eigenvalue weighted by atomic mass is 9.80. The molecule has 7 nitrogen and oxygen atoms in total. The normalized spacial score (nSPS) is 21.1. The number of carboxylic acids is 1. The van der Waals surface area contributed by atoms with Crippen LogP contribution >= 0.6 is 0 Å². The second-order valence-corrected chi connectivity index (χ2v) is 7.05. The number of carboxylic acid groups (broad SMARTS) is 1. The minimum atomic E-state index is -3.83. The molecule has 0 atom stereocenters. The van der Waals surface area contributed by atoms with Gasteiger partial charge < -0.3 is 10.8 Å². The molecule has 0 bridgehead atoms. The zero-order chi connectivity index (χ0) is 16.5. The first-order valence-corrected chi connectivity index (χ1v) is 8.40. The number of hydrogen-bond acceptors (Lipinski definition) is 4. The Balaban J connectivity index is 2.23.